The van der Waals surface area contributed by atoms with Crippen LogP contribution >= 0.6 is 0 Å². The first-order valence-electron chi connectivity index (χ1n) is 6.40. The smallest absolute Gasteiger partial charge is 0.237 e. The van der Waals surface area contributed by atoms with E-state index in [1.807, 2.05) is 44.2 Å². The Morgan fingerprint density at radius 3 is 2.75 bits per heavy atom. The molecule has 0 fully saturated rings. The number of aryl methyl sites for hydroxylation is 2. The molecule has 0 amide bonds. The van der Waals surface area contributed by atoms with E-state index in [-0.39, 0.29) is 6.61 Å². The lowest BCUT2D eigenvalue weighted by molar-refractivity contribution is 0.297. The lowest BCUT2D eigenvalue weighted by Gasteiger charge is -2.12. The van der Waals surface area contributed by atoms with Crippen LogP contribution in [0, 0.1) is 25.2 Å². The van der Waals surface area contributed by atoms with Gasteiger partial charge < -0.3 is 9.84 Å². The molecule has 0 saturated carbocycles. The van der Waals surface area contributed by atoms with Crippen molar-refractivity contribution in [2.45, 2.75) is 20.3 Å². The van der Waals surface area contributed by atoms with Crippen molar-refractivity contribution in [3.05, 3.63) is 52.7 Å². The number of ether oxygens (including phenoxy) is 1. The molecule has 4 nitrogen and oxygen atoms in total. The van der Waals surface area contributed by atoms with Crippen LogP contribution in [0.3, 0.4) is 0 Å². The lowest BCUT2D eigenvalue weighted by atomic mass is 10.1. The molecule has 0 spiro atoms. The highest BCUT2D eigenvalue weighted by molar-refractivity contribution is 5.47. The fraction of sp³-hybridized carbons (Fsp3) is 0.250. The molecule has 4 heteroatoms. The molecule has 0 unspecified atom stereocenters. The molecule has 0 aliphatic carbocycles. The van der Waals surface area contributed by atoms with Gasteiger partial charge in [-0.3, -0.25) is 0 Å². The Morgan fingerprint density at radius 2 is 2.05 bits per heavy atom. The predicted octanol–water partition coefficient (Wildman–Crippen LogP) is 2.90. The van der Waals surface area contributed by atoms with Crippen molar-refractivity contribution in [2.24, 2.45) is 0 Å². The van der Waals surface area contributed by atoms with Gasteiger partial charge in [-0.2, -0.15) is 5.26 Å². The van der Waals surface area contributed by atoms with E-state index in [1.54, 1.807) is 0 Å². The van der Waals surface area contributed by atoms with Gasteiger partial charge in [0.25, 0.3) is 0 Å². The average molecular weight is 268 g/mol. The number of aliphatic hydroxyl groups is 1. The van der Waals surface area contributed by atoms with Crippen molar-refractivity contribution in [2.75, 3.05) is 6.61 Å². The first-order chi connectivity index (χ1) is 9.65. The average Bonchev–Trinajstić information content (AvgIpc) is 2.41. The van der Waals surface area contributed by atoms with Crippen LogP contribution in [0.25, 0.3) is 0 Å². The number of pyridine rings is 1. The maximum atomic E-state index is 9.23. The highest BCUT2D eigenvalue weighted by Gasteiger charge is 2.12. The SMILES string of the molecule is Cc1cc(C)c(C#N)c(Oc2ccccc2CCO)n1. The van der Waals surface area contributed by atoms with Crippen molar-refractivity contribution in [3.63, 3.8) is 0 Å². The van der Waals surface area contributed by atoms with Crippen LogP contribution in [-0.4, -0.2) is 16.7 Å². The number of hydrogen-bond donors (Lipinski definition) is 1. The molecule has 0 bridgehead atoms. The Morgan fingerprint density at radius 1 is 1.30 bits per heavy atom. The lowest BCUT2D eigenvalue weighted by Crippen LogP contribution is -2.00. The molecule has 1 aromatic carbocycles. The van der Waals surface area contributed by atoms with E-state index in [9.17, 15) is 5.26 Å². The van der Waals surface area contributed by atoms with Crippen LogP contribution in [0.15, 0.2) is 30.3 Å². The van der Waals surface area contributed by atoms with E-state index in [0.29, 0.717) is 23.6 Å². The van der Waals surface area contributed by atoms with E-state index < -0.39 is 0 Å². The quantitative estimate of drug-likeness (QED) is 0.925. The molecule has 0 saturated heterocycles. The van der Waals surface area contributed by atoms with Gasteiger partial charge in [0.1, 0.15) is 17.4 Å². The minimum absolute atomic E-state index is 0.0474. The number of aromatic nitrogens is 1. The molecule has 1 aromatic heterocycles. The first kappa shape index (κ1) is 14.0. The van der Waals surface area contributed by atoms with E-state index in [4.69, 9.17) is 9.84 Å². The summed E-state index contributed by atoms with van der Waals surface area (Å²) >= 11 is 0. The van der Waals surface area contributed by atoms with E-state index in [1.165, 1.54) is 0 Å². The zero-order chi connectivity index (χ0) is 14.5. The zero-order valence-corrected chi connectivity index (χ0v) is 11.6. The summed E-state index contributed by atoms with van der Waals surface area (Å²) in [6.07, 6.45) is 0.503. The number of hydrogen-bond acceptors (Lipinski definition) is 4. The second-order valence-electron chi connectivity index (χ2n) is 4.56. The summed E-state index contributed by atoms with van der Waals surface area (Å²) in [6, 6.07) is 11.4. The van der Waals surface area contributed by atoms with Gasteiger partial charge in [-0.05, 0) is 43.5 Å². The fourth-order valence-corrected chi connectivity index (χ4v) is 2.05. The Hall–Kier alpha value is -2.38. The fourth-order valence-electron chi connectivity index (χ4n) is 2.05. The molecule has 1 heterocycles. The summed E-state index contributed by atoms with van der Waals surface area (Å²) in [7, 11) is 0. The summed E-state index contributed by atoms with van der Waals surface area (Å²) in [5.41, 5.74) is 2.97. The van der Waals surface area contributed by atoms with Crippen LogP contribution in [0.5, 0.6) is 11.6 Å². The third-order valence-corrected chi connectivity index (χ3v) is 2.98. The van der Waals surface area contributed by atoms with Gasteiger partial charge >= 0.3 is 0 Å². The molecular weight excluding hydrogens is 252 g/mol. The summed E-state index contributed by atoms with van der Waals surface area (Å²) in [5, 5.41) is 18.3. The molecule has 0 aliphatic rings. The minimum atomic E-state index is 0.0474. The molecule has 0 radical (unpaired) electrons. The Labute approximate surface area is 118 Å². The van der Waals surface area contributed by atoms with Crippen LogP contribution in [-0.2, 0) is 6.42 Å². The summed E-state index contributed by atoms with van der Waals surface area (Å²) in [6.45, 7) is 3.77. The normalized spacial score (nSPS) is 10.1. The number of aliphatic hydroxyl groups excluding tert-OH is 1. The van der Waals surface area contributed by atoms with Crippen molar-refractivity contribution in [3.8, 4) is 17.7 Å². The maximum Gasteiger partial charge on any atom is 0.237 e. The number of nitriles is 1. The molecular formula is C16H16N2O2. The van der Waals surface area contributed by atoms with Gasteiger partial charge in [-0.1, -0.05) is 18.2 Å². The van der Waals surface area contributed by atoms with Crippen molar-refractivity contribution >= 4 is 0 Å². The largest absolute Gasteiger partial charge is 0.437 e. The molecule has 0 aliphatic heterocycles. The van der Waals surface area contributed by atoms with Gasteiger partial charge in [0, 0.05) is 12.3 Å². The summed E-state index contributed by atoms with van der Waals surface area (Å²) in [5.74, 6) is 0.936. The molecule has 2 aromatic rings. The molecule has 0 atom stereocenters. The predicted molar refractivity (Wildman–Crippen MR) is 75.7 cm³/mol. The Balaban J connectivity index is 2.43. The molecule has 2 rings (SSSR count). The Bertz CT molecular complexity index is 660. The maximum absolute atomic E-state index is 9.23. The van der Waals surface area contributed by atoms with E-state index in [2.05, 4.69) is 11.1 Å². The monoisotopic (exact) mass is 268 g/mol. The Kier molecular flexibility index (Phi) is 4.34. The molecule has 1 N–H and O–H groups in total. The molecule has 102 valence electrons. The van der Waals surface area contributed by atoms with Crippen LogP contribution < -0.4 is 4.74 Å². The number of benzene rings is 1. The zero-order valence-electron chi connectivity index (χ0n) is 11.6. The van der Waals surface area contributed by atoms with Crippen molar-refractivity contribution in [1.82, 2.24) is 4.98 Å². The standard InChI is InChI=1S/C16H16N2O2/c1-11-9-12(2)18-16(14(11)10-17)20-15-6-4-3-5-13(15)7-8-19/h3-6,9,19H,7-8H2,1-2H3. The summed E-state index contributed by atoms with van der Waals surface area (Å²) in [4.78, 5) is 4.29. The van der Waals surface area contributed by atoms with Gasteiger partial charge in [-0.15, -0.1) is 0 Å². The highest BCUT2D eigenvalue weighted by Crippen LogP contribution is 2.28. The number of rotatable bonds is 4. The molecule has 20 heavy (non-hydrogen) atoms. The third kappa shape index (κ3) is 2.95. The van der Waals surface area contributed by atoms with Crippen LogP contribution in [0.4, 0.5) is 0 Å². The van der Waals surface area contributed by atoms with E-state index >= 15 is 0 Å². The summed E-state index contributed by atoms with van der Waals surface area (Å²) < 4.78 is 5.80. The van der Waals surface area contributed by atoms with Crippen molar-refractivity contribution in [1.29, 1.82) is 5.26 Å². The second-order valence-corrected chi connectivity index (χ2v) is 4.56. The van der Waals surface area contributed by atoms with Crippen LogP contribution in [0.1, 0.15) is 22.4 Å². The van der Waals surface area contributed by atoms with E-state index in [0.717, 1.165) is 16.8 Å². The number of nitrogens with zero attached hydrogens (tertiary/aromatic N) is 2. The third-order valence-electron chi connectivity index (χ3n) is 2.98. The topological polar surface area (TPSA) is 66.1 Å². The van der Waals surface area contributed by atoms with Gasteiger partial charge in [0.2, 0.25) is 5.88 Å². The van der Waals surface area contributed by atoms with Gasteiger partial charge in [0.15, 0.2) is 0 Å². The second kappa shape index (κ2) is 6.18. The minimum Gasteiger partial charge on any atom is -0.437 e. The van der Waals surface area contributed by atoms with Crippen molar-refractivity contribution < 1.29 is 9.84 Å². The van der Waals surface area contributed by atoms with Gasteiger partial charge in [-0.25, -0.2) is 4.98 Å². The highest BCUT2D eigenvalue weighted by atomic mass is 16.5. The number of para-hydroxylation sites is 1. The van der Waals surface area contributed by atoms with Crippen LogP contribution in [0.2, 0.25) is 0 Å². The first-order valence-corrected chi connectivity index (χ1v) is 6.40. The van der Waals surface area contributed by atoms with Gasteiger partial charge in [0.05, 0.1) is 0 Å².